The van der Waals surface area contributed by atoms with Crippen LogP contribution in [-0.2, 0) is 41.8 Å². The number of hydrogen-bond donors (Lipinski definition) is 10. The normalized spacial score (nSPS) is 32.1. The molecule has 1 saturated heterocycles. The average molecular weight is 991 g/mol. The standard InChI is InChI=1S/C45H84O19P2/c1-3-5-7-8-9-10-11-12-13-14-15-16-21-25-38(49)60-30-33-31-61-66(58,59)64-45-43(54)42(53)40(51)34(24-20-17-18-22-26-39(50)62-33)36(47)29-37(48)35(28-27-32(46)23-19-6-4-2)41(52)44(45)63-65(55,56)57/h27-28,32-37,40-48,51-54H,3-26,29-31H2,1-2H3,(H,58,59)(H2,55,56,57)/t32-,33+,34-,35-,36-,37+,40+,41+,42-,43+,44+,45-/m0/s1. The maximum absolute atomic E-state index is 13.7. The molecule has 0 spiro atoms. The number of aliphatic hydroxyl groups excluding tert-OH is 7. The van der Waals surface area contributed by atoms with E-state index in [1.807, 2.05) is 6.92 Å². The maximum Gasteiger partial charge on any atom is 0.472 e. The fraction of sp³-hybridized carbons (Fsp3) is 0.911. The molecule has 1 unspecified atom stereocenters. The van der Waals surface area contributed by atoms with E-state index in [-0.39, 0.29) is 25.7 Å². The summed E-state index contributed by atoms with van der Waals surface area (Å²) in [5.41, 5.74) is 0. The fourth-order valence-corrected chi connectivity index (χ4v) is 10.1. The van der Waals surface area contributed by atoms with Crippen LogP contribution in [0, 0.1) is 11.8 Å². The lowest BCUT2D eigenvalue weighted by atomic mass is 9.82. The van der Waals surface area contributed by atoms with E-state index in [4.69, 9.17) is 23.0 Å². The van der Waals surface area contributed by atoms with E-state index in [0.29, 0.717) is 38.5 Å². The quantitative estimate of drug-likeness (QED) is 0.0245. The van der Waals surface area contributed by atoms with Gasteiger partial charge in [0.1, 0.15) is 31.0 Å². The number of carbonyl (C=O) groups excluding carboxylic acids is 2. The van der Waals surface area contributed by atoms with Crippen molar-refractivity contribution in [1.82, 2.24) is 0 Å². The molecule has 0 aromatic carbocycles. The second-order valence-corrected chi connectivity index (χ2v) is 20.8. The average Bonchev–Trinajstić information content (AvgIpc) is 3.25. The number of aliphatic hydroxyl groups is 7. The van der Waals surface area contributed by atoms with Crippen LogP contribution in [0.2, 0.25) is 0 Å². The molecule has 388 valence electrons. The second-order valence-electron chi connectivity index (χ2n) is 18.2. The highest BCUT2D eigenvalue weighted by Gasteiger charge is 2.51. The van der Waals surface area contributed by atoms with Gasteiger partial charge in [0.25, 0.3) is 0 Å². The molecule has 21 heteroatoms. The van der Waals surface area contributed by atoms with Crippen molar-refractivity contribution in [3.05, 3.63) is 12.2 Å². The van der Waals surface area contributed by atoms with Crippen LogP contribution in [0.25, 0.3) is 0 Å². The Morgan fingerprint density at radius 1 is 0.788 bits per heavy atom. The monoisotopic (exact) mass is 991 g/mol. The van der Waals surface area contributed by atoms with Crippen LogP contribution in [0.4, 0.5) is 0 Å². The molecule has 0 aromatic heterocycles. The Labute approximate surface area is 391 Å². The van der Waals surface area contributed by atoms with E-state index in [1.165, 1.54) is 57.4 Å². The smallest absolute Gasteiger partial charge is 0.462 e. The zero-order valence-corrected chi connectivity index (χ0v) is 41.0. The van der Waals surface area contributed by atoms with Crippen molar-refractivity contribution in [2.45, 2.75) is 235 Å². The van der Waals surface area contributed by atoms with Crippen molar-refractivity contribution in [1.29, 1.82) is 0 Å². The van der Waals surface area contributed by atoms with Gasteiger partial charge in [-0.05, 0) is 25.7 Å². The molecule has 0 radical (unpaired) electrons. The van der Waals surface area contributed by atoms with Gasteiger partial charge in [0.05, 0.1) is 37.1 Å². The highest BCUT2D eigenvalue weighted by molar-refractivity contribution is 7.47. The Morgan fingerprint density at radius 3 is 1.97 bits per heavy atom. The summed E-state index contributed by atoms with van der Waals surface area (Å²) in [5.74, 6) is -4.34. The van der Waals surface area contributed by atoms with Gasteiger partial charge in [-0.3, -0.25) is 23.2 Å². The summed E-state index contributed by atoms with van der Waals surface area (Å²) in [6.45, 7) is 2.61. The second kappa shape index (κ2) is 33.2. The summed E-state index contributed by atoms with van der Waals surface area (Å²) in [6.07, 6.45) is -0.480. The Bertz CT molecular complexity index is 1450. The molecule has 1 heterocycles. The predicted molar refractivity (Wildman–Crippen MR) is 243 cm³/mol. The van der Waals surface area contributed by atoms with Gasteiger partial charge in [0, 0.05) is 31.1 Å². The van der Waals surface area contributed by atoms with Gasteiger partial charge in [-0.1, -0.05) is 142 Å². The van der Waals surface area contributed by atoms with Crippen LogP contribution in [-0.4, -0.2) is 137 Å². The van der Waals surface area contributed by atoms with E-state index in [2.05, 4.69) is 6.92 Å². The van der Waals surface area contributed by atoms with Gasteiger partial charge in [0.15, 0.2) is 6.10 Å². The molecule has 13 atom stereocenters. The van der Waals surface area contributed by atoms with Crippen LogP contribution < -0.4 is 0 Å². The first kappa shape index (κ1) is 60.7. The van der Waals surface area contributed by atoms with Crippen molar-refractivity contribution in [3.63, 3.8) is 0 Å². The summed E-state index contributed by atoms with van der Waals surface area (Å²) < 4.78 is 52.2. The zero-order chi connectivity index (χ0) is 49.1. The summed E-state index contributed by atoms with van der Waals surface area (Å²) in [5, 5.41) is 79.7. The van der Waals surface area contributed by atoms with Gasteiger partial charge < -0.3 is 59.9 Å². The molecular weight excluding hydrogens is 906 g/mol. The van der Waals surface area contributed by atoms with Crippen LogP contribution in [0.15, 0.2) is 12.2 Å². The number of unbranched alkanes of at least 4 members (excludes halogenated alkanes) is 14. The molecule has 19 nitrogen and oxygen atoms in total. The maximum atomic E-state index is 13.7. The molecule has 2 bridgehead atoms. The van der Waals surface area contributed by atoms with Gasteiger partial charge in [-0.2, -0.15) is 0 Å². The minimum atomic E-state index is -5.75. The van der Waals surface area contributed by atoms with Gasteiger partial charge in [-0.25, -0.2) is 9.13 Å². The Hall–Kier alpha value is -1.38. The van der Waals surface area contributed by atoms with Gasteiger partial charge in [-0.15, -0.1) is 0 Å². The first-order chi connectivity index (χ1) is 31.3. The van der Waals surface area contributed by atoms with E-state index in [0.717, 1.165) is 44.6 Å². The topological polar surface area (TPSA) is 317 Å². The lowest BCUT2D eigenvalue weighted by Gasteiger charge is -2.39. The van der Waals surface area contributed by atoms with Crippen LogP contribution >= 0.6 is 15.6 Å². The van der Waals surface area contributed by atoms with Crippen molar-refractivity contribution < 1.29 is 92.2 Å². The van der Waals surface area contributed by atoms with Gasteiger partial charge >= 0.3 is 27.6 Å². The number of carbonyl (C=O) groups is 2. The van der Waals surface area contributed by atoms with Crippen LogP contribution in [0.1, 0.15) is 174 Å². The fourth-order valence-electron chi connectivity index (χ4n) is 8.53. The highest BCUT2D eigenvalue weighted by Crippen LogP contribution is 2.50. The Balaban J connectivity index is 2.33. The number of hydrogen-bond acceptors (Lipinski definition) is 16. The number of cyclic esters (lactones) is 1. The molecule has 66 heavy (non-hydrogen) atoms. The number of fused-ring (bicyclic) bond motifs is 4. The summed E-state index contributed by atoms with van der Waals surface area (Å²) in [4.78, 5) is 56.7. The van der Waals surface area contributed by atoms with Crippen LogP contribution in [0.3, 0.4) is 0 Å². The van der Waals surface area contributed by atoms with E-state index in [1.54, 1.807) is 0 Å². The van der Waals surface area contributed by atoms with Gasteiger partial charge in [0.2, 0.25) is 0 Å². The molecule has 1 aliphatic heterocycles. The molecule has 2 rings (SSSR count). The first-order valence-electron chi connectivity index (χ1n) is 24.5. The van der Waals surface area contributed by atoms with E-state index in [9.17, 15) is 69.1 Å². The number of phosphoric acid groups is 2. The molecule has 1 aliphatic carbocycles. The lowest BCUT2D eigenvalue weighted by molar-refractivity contribution is -0.166. The third-order valence-corrected chi connectivity index (χ3v) is 13.9. The first-order valence-corrected chi connectivity index (χ1v) is 27.5. The van der Waals surface area contributed by atoms with Crippen molar-refractivity contribution >= 4 is 27.6 Å². The molecule has 10 N–H and O–H groups in total. The number of ether oxygens (including phenoxy) is 2. The lowest BCUT2D eigenvalue weighted by Crippen LogP contribution is -2.56. The third kappa shape index (κ3) is 25.0. The Morgan fingerprint density at radius 2 is 1.36 bits per heavy atom. The molecule has 0 amide bonds. The Kier molecular flexibility index (Phi) is 30.6. The number of phosphoric ester groups is 2. The molecule has 2 fully saturated rings. The third-order valence-electron chi connectivity index (χ3n) is 12.4. The highest BCUT2D eigenvalue weighted by atomic mass is 31.2. The summed E-state index contributed by atoms with van der Waals surface area (Å²) >= 11 is 0. The molecule has 1 saturated carbocycles. The largest absolute Gasteiger partial charge is 0.472 e. The minimum Gasteiger partial charge on any atom is -0.462 e. The predicted octanol–water partition coefficient (Wildman–Crippen LogP) is 5.56. The number of rotatable bonds is 24. The van der Waals surface area contributed by atoms with Crippen LogP contribution in [0.5, 0.6) is 0 Å². The molecule has 2 aliphatic rings. The summed E-state index contributed by atoms with van der Waals surface area (Å²) in [6, 6.07) is 0. The van der Waals surface area contributed by atoms with E-state index < -0.39 is 120 Å². The zero-order valence-electron chi connectivity index (χ0n) is 39.2. The van der Waals surface area contributed by atoms with Crippen molar-refractivity contribution in [3.8, 4) is 0 Å². The minimum absolute atomic E-state index is 0.0230. The summed E-state index contributed by atoms with van der Waals surface area (Å²) in [7, 11) is -11.4. The van der Waals surface area contributed by atoms with E-state index >= 15 is 0 Å². The molecule has 0 aromatic rings. The molecular formula is C45H84O19P2. The SMILES string of the molecule is CCCCCCCCCCCCCCCC(=O)OC[C@@H]1COP(=O)(O)O[C@H]2[C@H](O)[C@@H](O)[C@H](O)[C@@H](CCCCCCC(=O)O1)[C@@H](O)C[C@@H](O)[C@H](C=C[C@@H](O)CCCCC)[C@@H](O)[C@H]2OP(=O)(O)O. The van der Waals surface area contributed by atoms with Crippen molar-refractivity contribution in [2.75, 3.05) is 13.2 Å². The number of esters is 2. The van der Waals surface area contributed by atoms with Crippen molar-refractivity contribution in [2.24, 2.45) is 11.8 Å².